The van der Waals surface area contributed by atoms with Gasteiger partial charge in [-0.25, -0.2) is 9.07 Å². The summed E-state index contributed by atoms with van der Waals surface area (Å²) in [4.78, 5) is 0. The van der Waals surface area contributed by atoms with Crippen molar-refractivity contribution in [1.82, 2.24) is 9.78 Å². The highest BCUT2D eigenvalue weighted by molar-refractivity contribution is 5.44. The molecule has 0 fully saturated rings. The SMILES string of the molecule is CC(C)(C)c1cc(N)n(-c2cccc(F)c2)n1. The summed E-state index contributed by atoms with van der Waals surface area (Å²) in [5, 5.41) is 4.42. The normalized spacial score (nSPS) is 11.8. The lowest BCUT2D eigenvalue weighted by Crippen LogP contribution is -2.12. The van der Waals surface area contributed by atoms with Gasteiger partial charge in [-0.2, -0.15) is 5.10 Å². The van der Waals surface area contributed by atoms with E-state index >= 15 is 0 Å². The summed E-state index contributed by atoms with van der Waals surface area (Å²) in [7, 11) is 0. The molecule has 3 nitrogen and oxygen atoms in total. The highest BCUT2D eigenvalue weighted by Gasteiger charge is 2.19. The first-order chi connectivity index (χ1) is 7.88. The van der Waals surface area contributed by atoms with Gasteiger partial charge in [0.25, 0.3) is 0 Å². The second-order valence-electron chi connectivity index (χ2n) is 5.10. The first kappa shape index (κ1) is 11.6. The van der Waals surface area contributed by atoms with E-state index in [1.54, 1.807) is 16.8 Å². The third-order valence-corrected chi connectivity index (χ3v) is 2.56. The zero-order chi connectivity index (χ0) is 12.6. The average molecular weight is 233 g/mol. The Labute approximate surface area is 100 Å². The van der Waals surface area contributed by atoms with Crippen LogP contribution in [0.5, 0.6) is 0 Å². The topological polar surface area (TPSA) is 43.8 Å². The molecule has 0 saturated heterocycles. The molecule has 90 valence electrons. The maximum atomic E-state index is 13.1. The van der Waals surface area contributed by atoms with Crippen molar-refractivity contribution in [3.8, 4) is 5.69 Å². The summed E-state index contributed by atoms with van der Waals surface area (Å²) >= 11 is 0. The number of nitrogens with zero attached hydrogens (tertiary/aromatic N) is 2. The van der Waals surface area contributed by atoms with Crippen LogP contribution in [0.1, 0.15) is 26.5 Å². The predicted octanol–water partition coefficient (Wildman–Crippen LogP) is 2.89. The molecule has 2 N–H and O–H groups in total. The molecular weight excluding hydrogens is 217 g/mol. The molecule has 2 aromatic rings. The van der Waals surface area contributed by atoms with Crippen LogP contribution in [0.25, 0.3) is 5.69 Å². The standard InChI is InChI=1S/C13H16FN3/c1-13(2,3)11-8-12(15)17(16-11)10-6-4-5-9(14)7-10/h4-8H,15H2,1-3H3. The number of hydrogen-bond acceptors (Lipinski definition) is 2. The molecule has 2 rings (SSSR count). The lowest BCUT2D eigenvalue weighted by molar-refractivity contribution is 0.560. The molecule has 0 bridgehead atoms. The molecule has 1 heterocycles. The number of benzene rings is 1. The Hall–Kier alpha value is -1.84. The molecule has 0 atom stereocenters. The van der Waals surface area contributed by atoms with Crippen LogP contribution < -0.4 is 5.73 Å². The molecule has 0 saturated carbocycles. The fraction of sp³-hybridized carbons (Fsp3) is 0.308. The molecule has 0 amide bonds. The summed E-state index contributed by atoms with van der Waals surface area (Å²) in [6.07, 6.45) is 0. The Bertz CT molecular complexity index is 538. The summed E-state index contributed by atoms with van der Waals surface area (Å²) < 4.78 is 14.7. The number of hydrogen-bond donors (Lipinski definition) is 1. The number of nitrogens with two attached hydrogens (primary N) is 1. The second kappa shape index (κ2) is 3.87. The highest BCUT2D eigenvalue weighted by atomic mass is 19.1. The van der Waals surface area contributed by atoms with Gasteiger partial charge in [0.15, 0.2) is 0 Å². The molecule has 1 aromatic carbocycles. The van der Waals surface area contributed by atoms with Crippen LogP contribution in [0, 0.1) is 5.82 Å². The van der Waals surface area contributed by atoms with Gasteiger partial charge in [0.2, 0.25) is 0 Å². The molecule has 0 aliphatic carbocycles. The van der Waals surface area contributed by atoms with E-state index in [2.05, 4.69) is 25.9 Å². The molecule has 0 aliphatic rings. The minimum Gasteiger partial charge on any atom is -0.384 e. The van der Waals surface area contributed by atoms with Crippen LogP contribution in [0.3, 0.4) is 0 Å². The fourth-order valence-corrected chi connectivity index (χ4v) is 1.58. The first-order valence-corrected chi connectivity index (χ1v) is 5.50. The van der Waals surface area contributed by atoms with Crippen molar-refractivity contribution in [3.05, 3.63) is 41.8 Å². The van der Waals surface area contributed by atoms with Crippen LogP contribution in [0.2, 0.25) is 0 Å². The molecule has 1 aromatic heterocycles. The summed E-state index contributed by atoms with van der Waals surface area (Å²) in [5.41, 5.74) is 7.35. The minimum absolute atomic E-state index is 0.0767. The third kappa shape index (κ3) is 2.30. The van der Waals surface area contributed by atoms with E-state index in [1.807, 2.05) is 6.07 Å². The third-order valence-electron chi connectivity index (χ3n) is 2.56. The van der Waals surface area contributed by atoms with Crippen molar-refractivity contribution in [3.63, 3.8) is 0 Å². The van der Waals surface area contributed by atoms with Crippen molar-refractivity contribution in [2.24, 2.45) is 0 Å². The van der Waals surface area contributed by atoms with E-state index < -0.39 is 0 Å². The summed E-state index contributed by atoms with van der Waals surface area (Å²) in [6.45, 7) is 6.18. The summed E-state index contributed by atoms with van der Waals surface area (Å²) in [6, 6.07) is 8.05. The Morgan fingerprint density at radius 1 is 1.24 bits per heavy atom. The maximum Gasteiger partial charge on any atom is 0.127 e. The van der Waals surface area contributed by atoms with Gasteiger partial charge in [-0.3, -0.25) is 0 Å². The van der Waals surface area contributed by atoms with Gasteiger partial charge >= 0.3 is 0 Å². The van der Waals surface area contributed by atoms with Crippen molar-refractivity contribution < 1.29 is 4.39 Å². The monoisotopic (exact) mass is 233 g/mol. The summed E-state index contributed by atoms with van der Waals surface area (Å²) in [5.74, 6) is 0.218. The quantitative estimate of drug-likeness (QED) is 0.823. The average Bonchev–Trinajstić information content (AvgIpc) is 2.60. The fourth-order valence-electron chi connectivity index (χ4n) is 1.58. The van der Waals surface area contributed by atoms with Crippen molar-refractivity contribution >= 4 is 5.82 Å². The maximum absolute atomic E-state index is 13.1. The molecule has 0 aliphatic heterocycles. The van der Waals surface area contributed by atoms with Crippen LogP contribution in [0.15, 0.2) is 30.3 Å². The zero-order valence-electron chi connectivity index (χ0n) is 10.2. The lowest BCUT2D eigenvalue weighted by Gasteiger charge is -2.14. The van der Waals surface area contributed by atoms with Gasteiger partial charge in [0.1, 0.15) is 11.6 Å². The first-order valence-electron chi connectivity index (χ1n) is 5.50. The van der Waals surface area contributed by atoms with Gasteiger partial charge in [-0.05, 0) is 18.2 Å². The smallest absolute Gasteiger partial charge is 0.127 e. The van der Waals surface area contributed by atoms with Crippen LogP contribution in [-0.2, 0) is 5.41 Å². The van der Waals surface area contributed by atoms with E-state index in [-0.39, 0.29) is 11.2 Å². The van der Waals surface area contributed by atoms with E-state index in [9.17, 15) is 4.39 Å². The second-order valence-corrected chi connectivity index (χ2v) is 5.10. The molecule has 0 spiro atoms. The number of aromatic nitrogens is 2. The molecular formula is C13H16FN3. The number of anilines is 1. The molecule has 0 radical (unpaired) electrons. The Morgan fingerprint density at radius 3 is 2.47 bits per heavy atom. The van der Waals surface area contributed by atoms with Crippen molar-refractivity contribution in [2.45, 2.75) is 26.2 Å². The van der Waals surface area contributed by atoms with Gasteiger partial charge in [0.05, 0.1) is 11.4 Å². The largest absolute Gasteiger partial charge is 0.384 e. The highest BCUT2D eigenvalue weighted by Crippen LogP contribution is 2.24. The van der Waals surface area contributed by atoms with Gasteiger partial charge in [-0.15, -0.1) is 0 Å². The van der Waals surface area contributed by atoms with Crippen LogP contribution in [-0.4, -0.2) is 9.78 Å². The Morgan fingerprint density at radius 2 is 1.94 bits per heavy atom. The minimum atomic E-state index is -0.297. The predicted molar refractivity (Wildman–Crippen MR) is 66.6 cm³/mol. The van der Waals surface area contributed by atoms with Crippen LogP contribution in [0.4, 0.5) is 10.2 Å². The molecule has 0 unspecified atom stereocenters. The number of nitrogen functional groups attached to an aromatic ring is 1. The number of rotatable bonds is 1. The van der Waals surface area contributed by atoms with E-state index in [0.717, 1.165) is 5.69 Å². The lowest BCUT2D eigenvalue weighted by atomic mass is 9.92. The van der Waals surface area contributed by atoms with Crippen molar-refractivity contribution in [2.75, 3.05) is 5.73 Å². The zero-order valence-corrected chi connectivity index (χ0v) is 10.2. The van der Waals surface area contributed by atoms with Gasteiger partial charge in [-0.1, -0.05) is 26.8 Å². The Balaban J connectivity index is 2.50. The van der Waals surface area contributed by atoms with Crippen LogP contribution >= 0.6 is 0 Å². The number of halogens is 1. The van der Waals surface area contributed by atoms with E-state index in [0.29, 0.717) is 11.5 Å². The van der Waals surface area contributed by atoms with Gasteiger partial charge in [0, 0.05) is 11.5 Å². The van der Waals surface area contributed by atoms with E-state index in [4.69, 9.17) is 5.73 Å². The molecule has 4 heteroatoms. The Kier molecular flexibility index (Phi) is 2.65. The van der Waals surface area contributed by atoms with Gasteiger partial charge < -0.3 is 5.73 Å². The van der Waals surface area contributed by atoms with Crippen molar-refractivity contribution in [1.29, 1.82) is 0 Å². The van der Waals surface area contributed by atoms with E-state index in [1.165, 1.54) is 12.1 Å². The molecule has 17 heavy (non-hydrogen) atoms.